The van der Waals surface area contributed by atoms with E-state index in [-0.39, 0.29) is 18.3 Å². The van der Waals surface area contributed by atoms with Crippen LogP contribution in [0.3, 0.4) is 0 Å². The first-order valence-electron chi connectivity index (χ1n) is 7.92. The lowest BCUT2D eigenvalue weighted by molar-refractivity contribution is -0.144. The second-order valence-corrected chi connectivity index (χ2v) is 6.28. The van der Waals surface area contributed by atoms with E-state index in [1.165, 1.54) is 11.8 Å². The van der Waals surface area contributed by atoms with Gasteiger partial charge in [0.2, 0.25) is 0 Å². The van der Waals surface area contributed by atoms with Gasteiger partial charge < -0.3 is 14.8 Å². The van der Waals surface area contributed by atoms with Crippen molar-refractivity contribution in [3.63, 3.8) is 0 Å². The van der Waals surface area contributed by atoms with Crippen LogP contribution < -0.4 is 10.1 Å². The number of aryl methyl sites for hydroxylation is 1. The Hall–Kier alpha value is -2.47. The standard InChI is InChI=1S/C19H21NO4S/c1-3-14-5-4-6-15(11-14)20-18(21)12-24-19(22)13-25-17-9-7-16(23-2)8-10-17/h4-11H,3,12-13H2,1-2H3,(H,20,21). The highest BCUT2D eigenvalue weighted by molar-refractivity contribution is 8.00. The lowest BCUT2D eigenvalue weighted by atomic mass is 10.1. The molecule has 0 spiro atoms. The summed E-state index contributed by atoms with van der Waals surface area (Å²) in [5.41, 5.74) is 1.83. The van der Waals surface area contributed by atoms with Gasteiger partial charge >= 0.3 is 5.97 Å². The summed E-state index contributed by atoms with van der Waals surface area (Å²) < 4.78 is 10.1. The molecule has 25 heavy (non-hydrogen) atoms. The van der Waals surface area contributed by atoms with Crippen LogP contribution in [-0.4, -0.2) is 31.3 Å². The Morgan fingerprint density at radius 3 is 2.56 bits per heavy atom. The molecule has 0 saturated carbocycles. The number of rotatable bonds is 8. The molecule has 132 valence electrons. The number of nitrogens with one attached hydrogen (secondary N) is 1. The Kier molecular flexibility index (Phi) is 7.35. The van der Waals surface area contributed by atoms with Crippen molar-refractivity contribution < 1.29 is 19.1 Å². The van der Waals surface area contributed by atoms with E-state index in [0.29, 0.717) is 5.69 Å². The first-order valence-corrected chi connectivity index (χ1v) is 8.90. The highest BCUT2D eigenvalue weighted by Gasteiger charge is 2.09. The largest absolute Gasteiger partial charge is 0.497 e. The minimum absolute atomic E-state index is 0.144. The average molecular weight is 359 g/mol. The van der Waals surface area contributed by atoms with Crippen LogP contribution >= 0.6 is 11.8 Å². The van der Waals surface area contributed by atoms with Crippen LogP contribution in [0.1, 0.15) is 12.5 Å². The highest BCUT2D eigenvalue weighted by atomic mass is 32.2. The quantitative estimate of drug-likeness (QED) is 0.577. The van der Waals surface area contributed by atoms with Crippen LogP contribution in [0.2, 0.25) is 0 Å². The summed E-state index contributed by atoms with van der Waals surface area (Å²) in [6, 6.07) is 15.0. The first kappa shape index (κ1) is 18.9. The molecule has 1 N–H and O–H groups in total. The van der Waals surface area contributed by atoms with E-state index in [1.54, 1.807) is 13.2 Å². The number of amides is 1. The van der Waals surface area contributed by atoms with Crippen molar-refractivity contribution in [3.05, 3.63) is 54.1 Å². The molecule has 0 aromatic heterocycles. The predicted molar refractivity (Wildman–Crippen MR) is 99.1 cm³/mol. The summed E-state index contributed by atoms with van der Waals surface area (Å²) in [7, 11) is 1.60. The third-order valence-corrected chi connectivity index (χ3v) is 4.38. The fourth-order valence-corrected chi connectivity index (χ4v) is 2.76. The van der Waals surface area contributed by atoms with Gasteiger partial charge in [0.1, 0.15) is 5.75 Å². The topological polar surface area (TPSA) is 64.6 Å². The Balaban J connectivity index is 1.72. The maximum Gasteiger partial charge on any atom is 0.316 e. The molecule has 0 radical (unpaired) electrons. The lowest BCUT2D eigenvalue weighted by Gasteiger charge is -2.08. The molecule has 0 heterocycles. The van der Waals surface area contributed by atoms with Crippen molar-refractivity contribution in [2.75, 3.05) is 24.8 Å². The number of benzene rings is 2. The second kappa shape index (κ2) is 9.74. The second-order valence-electron chi connectivity index (χ2n) is 5.23. The molecular weight excluding hydrogens is 338 g/mol. The maximum absolute atomic E-state index is 11.9. The molecule has 0 aliphatic heterocycles. The van der Waals surface area contributed by atoms with Crippen LogP contribution in [0.25, 0.3) is 0 Å². The smallest absolute Gasteiger partial charge is 0.316 e. The van der Waals surface area contributed by atoms with Gasteiger partial charge in [-0.1, -0.05) is 19.1 Å². The minimum Gasteiger partial charge on any atom is -0.497 e. The van der Waals surface area contributed by atoms with Crippen LogP contribution in [-0.2, 0) is 20.7 Å². The number of esters is 1. The number of ether oxygens (including phenoxy) is 2. The highest BCUT2D eigenvalue weighted by Crippen LogP contribution is 2.21. The van der Waals surface area contributed by atoms with E-state index < -0.39 is 5.97 Å². The number of anilines is 1. The monoisotopic (exact) mass is 359 g/mol. The number of thioether (sulfide) groups is 1. The normalized spacial score (nSPS) is 10.2. The van der Waals surface area contributed by atoms with E-state index in [2.05, 4.69) is 5.32 Å². The third-order valence-electron chi connectivity index (χ3n) is 3.40. The summed E-state index contributed by atoms with van der Waals surface area (Å²) in [5, 5.41) is 2.72. The fraction of sp³-hybridized carbons (Fsp3) is 0.263. The van der Waals surface area contributed by atoms with Crippen molar-refractivity contribution in [1.82, 2.24) is 0 Å². The van der Waals surface area contributed by atoms with Crippen LogP contribution in [0.4, 0.5) is 5.69 Å². The van der Waals surface area contributed by atoms with Gasteiger partial charge in [0, 0.05) is 10.6 Å². The molecule has 0 saturated heterocycles. The summed E-state index contributed by atoms with van der Waals surface area (Å²) in [6.07, 6.45) is 0.890. The van der Waals surface area contributed by atoms with E-state index in [9.17, 15) is 9.59 Å². The maximum atomic E-state index is 11.9. The van der Waals surface area contributed by atoms with E-state index >= 15 is 0 Å². The number of hydrogen-bond acceptors (Lipinski definition) is 5. The zero-order valence-corrected chi connectivity index (χ0v) is 15.1. The van der Waals surface area contributed by atoms with Crippen molar-refractivity contribution in [1.29, 1.82) is 0 Å². The van der Waals surface area contributed by atoms with E-state index in [4.69, 9.17) is 9.47 Å². The molecule has 0 aliphatic rings. The Morgan fingerprint density at radius 2 is 1.88 bits per heavy atom. The molecule has 0 aliphatic carbocycles. The number of carbonyl (C=O) groups excluding carboxylic acids is 2. The van der Waals surface area contributed by atoms with E-state index in [1.807, 2.05) is 49.4 Å². The van der Waals surface area contributed by atoms with Gasteiger partial charge in [0.15, 0.2) is 6.61 Å². The van der Waals surface area contributed by atoms with Gasteiger partial charge in [-0.3, -0.25) is 9.59 Å². The molecule has 0 unspecified atom stereocenters. The predicted octanol–water partition coefficient (Wildman–Crippen LogP) is 3.53. The van der Waals surface area contributed by atoms with E-state index in [0.717, 1.165) is 22.6 Å². The van der Waals surface area contributed by atoms with Gasteiger partial charge in [-0.25, -0.2) is 0 Å². The Bertz CT molecular complexity index is 716. The zero-order valence-electron chi connectivity index (χ0n) is 14.3. The van der Waals surface area contributed by atoms with Gasteiger partial charge in [-0.15, -0.1) is 11.8 Å². The number of hydrogen-bond donors (Lipinski definition) is 1. The summed E-state index contributed by atoms with van der Waals surface area (Å²) >= 11 is 1.35. The molecule has 0 fully saturated rings. The fourth-order valence-electron chi connectivity index (χ4n) is 2.07. The van der Waals surface area contributed by atoms with Crippen LogP contribution in [0, 0.1) is 0 Å². The van der Waals surface area contributed by atoms with Gasteiger partial charge in [-0.05, 0) is 48.4 Å². The van der Waals surface area contributed by atoms with Gasteiger partial charge in [-0.2, -0.15) is 0 Å². The van der Waals surface area contributed by atoms with Crippen molar-refractivity contribution in [3.8, 4) is 5.75 Å². The molecule has 0 atom stereocenters. The van der Waals surface area contributed by atoms with Crippen molar-refractivity contribution in [2.45, 2.75) is 18.2 Å². The van der Waals surface area contributed by atoms with Crippen molar-refractivity contribution >= 4 is 29.3 Å². The van der Waals surface area contributed by atoms with Crippen LogP contribution in [0.15, 0.2) is 53.4 Å². The number of methoxy groups -OCH3 is 1. The first-order chi connectivity index (χ1) is 12.1. The average Bonchev–Trinajstić information content (AvgIpc) is 2.65. The third kappa shape index (κ3) is 6.51. The summed E-state index contributed by atoms with van der Waals surface area (Å²) in [5.74, 6) is 0.121. The van der Waals surface area contributed by atoms with Gasteiger partial charge in [0.05, 0.1) is 12.9 Å². The van der Waals surface area contributed by atoms with Crippen LogP contribution in [0.5, 0.6) is 5.75 Å². The molecule has 1 amide bonds. The molecule has 2 rings (SSSR count). The minimum atomic E-state index is -0.432. The Labute approximate surface area is 151 Å². The summed E-state index contributed by atoms with van der Waals surface area (Å²) in [4.78, 5) is 24.5. The number of carbonyl (C=O) groups is 2. The molecular formula is C19H21NO4S. The lowest BCUT2D eigenvalue weighted by Crippen LogP contribution is -2.21. The zero-order chi connectivity index (χ0) is 18.1. The SMILES string of the molecule is CCc1cccc(NC(=O)COC(=O)CSc2ccc(OC)cc2)c1. The molecule has 2 aromatic rings. The Morgan fingerprint density at radius 1 is 1.12 bits per heavy atom. The van der Waals surface area contributed by atoms with Crippen molar-refractivity contribution in [2.24, 2.45) is 0 Å². The molecule has 6 heteroatoms. The molecule has 0 bridgehead atoms. The molecule has 2 aromatic carbocycles. The summed E-state index contributed by atoms with van der Waals surface area (Å²) in [6.45, 7) is 1.75. The molecule has 5 nitrogen and oxygen atoms in total. The van der Waals surface area contributed by atoms with Gasteiger partial charge in [0.25, 0.3) is 5.91 Å².